The molecule has 0 heterocycles. The number of nitrogens with zero attached hydrogens (tertiary/aromatic N) is 2. The first-order valence-corrected chi connectivity index (χ1v) is 6.33. The lowest BCUT2D eigenvalue weighted by molar-refractivity contribution is -0.384. The molecule has 8 nitrogen and oxygen atoms in total. The van der Waals surface area contributed by atoms with Crippen molar-refractivity contribution in [1.29, 1.82) is 0 Å². The zero-order chi connectivity index (χ0) is 15.8. The van der Waals surface area contributed by atoms with Crippen LogP contribution in [0.25, 0.3) is 0 Å². The molecule has 122 valence electrons. The van der Waals surface area contributed by atoms with Crippen LogP contribution >= 0.6 is 12.4 Å². The second kappa shape index (κ2) is 9.69. The fourth-order valence-corrected chi connectivity index (χ4v) is 1.58. The van der Waals surface area contributed by atoms with Gasteiger partial charge in [0.1, 0.15) is 0 Å². The molecule has 22 heavy (non-hydrogen) atoms. The Balaban J connectivity index is 0.00000441. The third kappa shape index (κ3) is 7.55. The number of carboxylic acid groups (broad SMARTS) is 1. The van der Waals surface area contributed by atoms with Crippen molar-refractivity contribution in [2.75, 3.05) is 25.5 Å². The lowest BCUT2D eigenvalue weighted by Gasteiger charge is -2.14. The molecule has 0 spiro atoms. The average molecular weight is 332 g/mol. The highest BCUT2D eigenvalue weighted by Crippen LogP contribution is 2.15. The van der Waals surface area contributed by atoms with Crippen LogP contribution in [-0.2, 0) is 9.59 Å². The van der Waals surface area contributed by atoms with Crippen LogP contribution in [0.1, 0.15) is 12.8 Å². The van der Waals surface area contributed by atoms with Crippen molar-refractivity contribution >= 4 is 35.7 Å². The second-order valence-corrected chi connectivity index (χ2v) is 4.55. The minimum atomic E-state index is -0.878. The molecule has 1 amide bonds. The van der Waals surface area contributed by atoms with E-state index in [1.54, 1.807) is 11.9 Å². The number of carboxylic acids is 1. The van der Waals surface area contributed by atoms with Gasteiger partial charge in [-0.3, -0.25) is 19.7 Å². The summed E-state index contributed by atoms with van der Waals surface area (Å²) in [6, 6.07) is 5.55. The highest BCUT2D eigenvalue weighted by molar-refractivity contribution is 5.90. The van der Waals surface area contributed by atoms with Gasteiger partial charge in [-0.25, -0.2) is 0 Å². The maximum atomic E-state index is 11.7. The standard InChI is InChI=1S/C13H17N3O5.ClH/c1-15(9-7-13(18)19)8-6-12(17)14-10-2-4-11(5-3-10)16(20)21;/h2-5H,6-9H2,1H3,(H,14,17)(H,18,19);1H. The maximum Gasteiger partial charge on any atom is 0.304 e. The molecular formula is C13H18ClN3O5. The smallest absolute Gasteiger partial charge is 0.304 e. The van der Waals surface area contributed by atoms with E-state index in [1.165, 1.54) is 24.3 Å². The summed E-state index contributed by atoms with van der Waals surface area (Å²) >= 11 is 0. The monoisotopic (exact) mass is 331 g/mol. The number of anilines is 1. The van der Waals surface area contributed by atoms with Crippen LogP contribution in [0.3, 0.4) is 0 Å². The van der Waals surface area contributed by atoms with Crippen molar-refractivity contribution < 1.29 is 19.6 Å². The Bertz CT molecular complexity index is 521. The molecule has 0 fully saturated rings. The molecule has 0 radical (unpaired) electrons. The van der Waals surface area contributed by atoms with Crippen LogP contribution in [0.2, 0.25) is 0 Å². The number of carbonyl (C=O) groups is 2. The van der Waals surface area contributed by atoms with Crippen LogP contribution in [0, 0.1) is 10.1 Å². The largest absolute Gasteiger partial charge is 0.481 e. The van der Waals surface area contributed by atoms with E-state index in [9.17, 15) is 19.7 Å². The van der Waals surface area contributed by atoms with E-state index >= 15 is 0 Å². The number of non-ortho nitro benzene ring substituents is 1. The van der Waals surface area contributed by atoms with Gasteiger partial charge in [-0.15, -0.1) is 12.4 Å². The molecule has 0 aliphatic carbocycles. The van der Waals surface area contributed by atoms with Crippen molar-refractivity contribution in [1.82, 2.24) is 4.90 Å². The molecule has 0 bridgehead atoms. The number of amides is 1. The predicted molar refractivity (Wildman–Crippen MR) is 83.3 cm³/mol. The molecule has 0 atom stereocenters. The van der Waals surface area contributed by atoms with Crippen LogP contribution in [0.4, 0.5) is 11.4 Å². The number of hydrogen-bond donors (Lipinski definition) is 2. The summed E-state index contributed by atoms with van der Waals surface area (Å²) in [5.74, 6) is -1.11. The zero-order valence-electron chi connectivity index (χ0n) is 12.0. The van der Waals surface area contributed by atoms with Gasteiger partial charge in [0.15, 0.2) is 0 Å². The quantitative estimate of drug-likeness (QED) is 0.554. The molecule has 0 unspecified atom stereocenters. The van der Waals surface area contributed by atoms with E-state index in [2.05, 4.69) is 5.32 Å². The van der Waals surface area contributed by atoms with E-state index in [0.717, 1.165) is 0 Å². The lowest BCUT2D eigenvalue weighted by atomic mass is 10.2. The molecule has 1 aromatic carbocycles. The maximum absolute atomic E-state index is 11.7. The Kier molecular flexibility index (Phi) is 8.73. The molecular weight excluding hydrogens is 314 g/mol. The number of aliphatic carboxylic acids is 1. The van der Waals surface area contributed by atoms with Crippen LogP contribution in [-0.4, -0.2) is 46.9 Å². The normalized spacial score (nSPS) is 9.91. The van der Waals surface area contributed by atoms with Gasteiger partial charge >= 0.3 is 5.97 Å². The van der Waals surface area contributed by atoms with Gasteiger partial charge in [0.25, 0.3) is 5.69 Å². The van der Waals surface area contributed by atoms with Gasteiger partial charge < -0.3 is 15.3 Å². The van der Waals surface area contributed by atoms with Gasteiger partial charge in [-0.2, -0.15) is 0 Å². The lowest BCUT2D eigenvalue weighted by Crippen LogP contribution is -2.26. The summed E-state index contributed by atoms with van der Waals surface area (Å²) < 4.78 is 0. The summed E-state index contributed by atoms with van der Waals surface area (Å²) in [5.41, 5.74) is 0.445. The SMILES string of the molecule is CN(CCC(=O)O)CCC(=O)Nc1ccc([N+](=O)[O-])cc1.Cl. The average Bonchev–Trinajstić information content (AvgIpc) is 2.43. The van der Waals surface area contributed by atoms with Gasteiger partial charge in [0.05, 0.1) is 11.3 Å². The van der Waals surface area contributed by atoms with Crippen LogP contribution < -0.4 is 5.32 Å². The zero-order valence-corrected chi connectivity index (χ0v) is 12.8. The number of hydrogen-bond acceptors (Lipinski definition) is 5. The van der Waals surface area contributed by atoms with Crippen molar-refractivity contribution in [3.05, 3.63) is 34.4 Å². The number of halogens is 1. The Hall–Kier alpha value is -2.19. The first kappa shape index (κ1) is 19.8. The number of nitrogens with one attached hydrogen (secondary N) is 1. The van der Waals surface area contributed by atoms with Crippen molar-refractivity contribution in [3.63, 3.8) is 0 Å². The third-order valence-electron chi connectivity index (χ3n) is 2.79. The van der Waals surface area contributed by atoms with E-state index in [-0.39, 0.29) is 36.8 Å². The molecule has 1 aromatic rings. The summed E-state index contributed by atoms with van der Waals surface area (Å²) in [4.78, 5) is 33.8. The Morgan fingerprint density at radius 1 is 1.23 bits per heavy atom. The van der Waals surface area contributed by atoms with E-state index in [1.807, 2.05) is 0 Å². The first-order valence-electron chi connectivity index (χ1n) is 6.33. The number of carbonyl (C=O) groups excluding carboxylic acids is 1. The molecule has 0 aliphatic rings. The van der Waals surface area contributed by atoms with Gasteiger partial charge in [0, 0.05) is 37.3 Å². The summed E-state index contributed by atoms with van der Waals surface area (Å²) in [6.45, 7) is 0.812. The van der Waals surface area contributed by atoms with Gasteiger partial charge in [-0.1, -0.05) is 0 Å². The van der Waals surface area contributed by atoms with Crippen molar-refractivity contribution in [2.24, 2.45) is 0 Å². The first-order chi connectivity index (χ1) is 9.88. The minimum absolute atomic E-state index is 0. The van der Waals surface area contributed by atoms with Gasteiger partial charge in [-0.05, 0) is 19.2 Å². The Morgan fingerprint density at radius 3 is 2.27 bits per heavy atom. The number of benzene rings is 1. The summed E-state index contributed by atoms with van der Waals surface area (Å²) in [6.07, 6.45) is 0.244. The molecule has 0 saturated carbocycles. The molecule has 1 rings (SSSR count). The Morgan fingerprint density at radius 2 is 1.77 bits per heavy atom. The topological polar surface area (TPSA) is 113 Å². The van der Waals surface area contributed by atoms with E-state index < -0.39 is 10.9 Å². The van der Waals surface area contributed by atoms with Gasteiger partial charge in [0.2, 0.25) is 5.91 Å². The summed E-state index contributed by atoms with van der Waals surface area (Å²) in [7, 11) is 1.74. The minimum Gasteiger partial charge on any atom is -0.481 e. The summed E-state index contributed by atoms with van der Waals surface area (Å²) in [5, 5.41) is 21.7. The van der Waals surface area contributed by atoms with Crippen molar-refractivity contribution in [2.45, 2.75) is 12.8 Å². The van der Waals surface area contributed by atoms with Crippen LogP contribution in [0.5, 0.6) is 0 Å². The Labute approximate surface area is 133 Å². The fraction of sp³-hybridized carbons (Fsp3) is 0.385. The molecule has 0 aliphatic heterocycles. The molecule has 0 saturated heterocycles. The van der Waals surface area contributed by atoms with Crippen LogP contribution in [0.15, 0.2) is 24.3 Å². The number of nitro benzene ring substituents is 1. The third-order valence-corrected chi connectivity index (χ3v) is 2.79. The second-order valence-electron chi connectivity index (χ2n) is 4.55. The molecule has 2 N–H and O–H groups in total. The fourth-order valence-electron chi connectivity index (χ4n) is 1.58. The number of nitro groups is 1. The predicted octanol–water partition coefficient (Wildman–Crippen LogP) is 1.75. The van der Waals surface area contributed by atoms with E-state index in [4.69, 9.17) is 5.11 Å². The van der Waals surface area contributed by atoms with E-state index in [0.29, 0.717) is 18.8 Å². The molecule has 0 aromatic heterocycles. The highest BCUT2D eigenvalue weighted by atomic mass is 35.5. The highest BCUT2D eigenvalue weighted by Gasteiger charge is 2.08. The number of rotatable bonds is 8. The van der Waals surface area contributed by atoms with Crippen molar-refractivity contribution in [3.8, 4) is 0 Å². The molecule has 9 heteroatoms.